The van der Waals surface area contributed by atoms with E-state index >= 15 is 0 Å². The molecule has 3 fully saturated rings. The number of hydrogen-bond donors (Lipinski definition) is 0. The smallest absolute Gasteiger partial charge is 0.373 e. The highest BCUT2D eigenvalue weighted by Crippen LogP contribution is 2.38. The molecule has 3 aliphatic rings. The van der Waals surface area contributed by atoms with Crippen molar-refractivity contribution in [3.8, 4) is 0 Å². The number of carbonyl (C=O) groups is 4. The number of nitrogens with zero attached hydrogens (tertiary/aromatic N) is 3. The zero-order valence-corrected chi connectivity index (χ0v) is 17.0. The van der Waals surface area contributed by atoms with E-state index in [4.69, 9.17) is 9.57 Å². The maximum absolute atomic E-state index is 12.5. The van der Waals surface area contributed by atoms with Crippen LogP contribution in [-0.4, -0.2) is 77.1 Å². The molecule has 1 unspecified atom stereocenters. The number of amides is 4. The van der Waals surface area contributed by atoms with Gasteiger partial charge in [-0.15, -0.1) is 5.06 Å². The normalized spacial score (nSPS) is 24.8. The van der Waals surface area contributed by atoms with E-state index in [1.54, 1.807) is 4.90 Å². The fraction of sp³-hybridized carbons (Fsp3) is 0.789. The number of piperidine rings is 1. The van der Waals surface area contributed by atoms with Gasteiger partial charge in [-0.1, -0.05) is 20.8 Å². The van der Waals surface area contributed by atoms with Crippen LogP contribution in [-0.2, 0) is 24.0 Å². The number of hydroxylamine groups is 2. The Kier molecular flexibility index (Phi) is 5.40. The van der Waals surface area contributed by atoms with Gasteiger partial charge in [-0.2, -0.15) is 0 Å². The van der Waals surface area contributed by atoms with Crippen molar-refractivity contribution in [2.45, 2.75) is 64.5 Å². The minimum Gasteiger partial charge on any atom is -0.373 e. The van der Waals surface area contributed by atoms with Crippen LogP contribution >= 0.6 is 0 Å². The Morgan fingerprint density at radius 2 is 1.71 bits per heavy atom. The van der Waals surface area contributed by atoms with Crippen molar-refractivity contribution in [1.29, 1.82) is 0 Å². The molecule has 0 N–H and O–H groups in total. The van der Waals surface area contributed by atoms with E-state index in [-0.39, 0.29) is 30.4 Å². The molecule has 0 aromatic carbocycles. The van der Waals surface area contributed by atoms with Gasteiger partial charge in [0.1, 0.15) is 0 Å². The third kappa shape index (κ3) is 3.99. The lowest BCUT2D eigenvalue weighted by atomic mass is 9.86. The molecule has 156 valence electrons. The lowest BCUT2D eigenvalue weighted by Crippen LogP contribution is -2.49. The molecule has 1 atom stereocenters. The molecule has 3 heterocycles. The number of carbonyl (C=O) groups excluding carboxylic acids is 4. The molecule has 4 amide bonds. The summed E-state index contributed by atoms with van der Waals surface area (Å²) in [5, 5.41) is 0.571. The monoisotopic (exact) mass is 395 g/mol. The first-order valence-corrected chi connectivity index (χ1v) is 9.76. The quantitative estimate of drug-likeness (QED) is 0.654. The molecule has 3 saturated heterocycles. The second-order valence-electron chi connectivity index (χ2n) is 8.94. The fourth-order valence-corrected chi connectivity index (χ4v) is 4.00. The van der Waals surface area contributed by atoms with Gasteiger partial charge in [0, 0.05) is 38.4 Å². The number of likely N-dealkylation sites (N-methyl/N-ethyl adjacent to an activating group) is 1. The van der Waals surface area contributed by atoms with Crippen LogP contribution < -0.4 is 0 Å². The van der Waals surface area contributed by atoms with Crippen LogP contribution in [0, 0.1) is 5.41 Å². The molecular formula is C19H29N3O6. The Morgan fingerprint density at radius 3 is 2.25 bits per heavy atom. The van der Waals surface area contributed by atoms with E-state index in [0.29, 0.717) is 37.6 Å². The molecule has 3 aliphatic heterocycles. The fourth-order valence-electron chi connectivity index (χ4n) is 4.00. The molecule has 9 heteroatoms. The topological polar surface area (TPSA) is 96.5 Å². The molecule has 0 bridgehead atoms. The van der Waals surface area contributed by atoms with Crippen LogP contribution in [0.1, 0.15) is 52.9 Å². The molecule has 9 nitrogen and oxygen atoms in total. The average Bonchev–Trinajstić information content (AvgIpc) is 3.19. The summed E-state index contributed by atoms with van der Waals surface area (Å²) >= 11 is 0. The second kappa shape index (κ2) is 7.35. The van der Waals surface area contributed by atoms with Crippen molar-refractivity contribution < 1.29 is 28.8 Å². The Balaban J connectivity index is 1.52. The first-order valence-electron chi connectivity index (χ1n) is 9.76. The summed E-state index contributed by atoms with van der Waals surface area (Å²) in [4.78, 5) is 56.2. The van der Waals surface area contributed by atoms with Crippen molar-refractivity contribution in [2.24, 2.45) is 5.41 Å². The van der Waals surface area contributed by atoms with Crippen LogP contribution in [0.25, 0.3) is 0 Å². The van der Waals surface area contributed by atoms with E-state index in [1.807, 2.05) is 27.8 Å². The summed E-state index contributed by atoms with van der Waals surface area (Å²) in [6.07, 6.45) is 1.44. The molecule has 3 rings (SSSR count). The third-order valence-electron chi connectivity index (χ3n) is 5.81. The molecule has 1 spiro atoms. The molecule has 0 aliphatic carbocycles. The highest BCUT2D eigenvalue weighted by molar-refractivity contribution is 6.01. The number of hydrogen-bond acceptors (Lipinski definition) is 6. The zero-order valence-electron chi connectivity index (χ0n) is 17.0. The first kappa shape index (κ1) is 20.6. The summed E-state index contributed by atoms with van der Waals surface area (Å²) in [5.74, 6) is -0.889. The van der Waals surface area contributed by atoms with Crippen molar-refractivity contribution >= 4 is 23.8 Å². The van der Waals surface area contributed by atoms with Gasteiger partial charge in [0.05, 0.1) is 18.2 Å². The summed E-state index contributed by atoms with van der Waals surface area (Å²) in [6, 6.07) is 0.0186. The zero-order chi connectivity index (χ0) is 20.7. The Bertz CT molecular complexity index is 662. The highest BCUT2D eigenvalue weighted by atomic mass is 16.7. The van der Waals surface area contributed by atoms with E-state index in [1.165, 1.54) is 4.90 Å². The van der Waals surface area contributed by atoms with Crippen molar-refractivity contribution in [3.63, 3.8) is 0 Å². The van der Waals surface area contributed by atoms with Crippen LogP contribution in [0.3, 0.4) is 0 Å². The second-order valence-corrected chi connectivity index (χ2v) is 8.94. The van der Waals surface area contributed by atoms with Gasteiger partial charge >= 0.3 is 6.09 Å². The molecule has 28 heavy (non-hydrogen) atoms. The first-order chi connectivity index (χ1) is 13.0. The van der Waals surface area contributed by atoms with Crippen LogP contribution in [0.2, 0.25) is 0 Å². The van der Waals surface area contributed by atoms with Gasteiger partial charge in [0.25, 0.3) is 11.8 Å². The van der Waals surface area contributed by atoms with E-state index in [2.05, 4.69) is 0 Å². The Morgan fingerprint density at radius 1 is 1.14 bits per heavy atom. The maximum Gasteiger partial charge on any atom is 0.434 e. The van der Waals surface area contributed by atoms with Gasteiger partial charge in [0.2, 0.25) is 5.91 Å². The molecular weight excluding hydrogens is 366 g/mol. The highest BCUT2D eigenvalue weighted by Gasteiger charge is 2.46. The lowest BCUT2D eigenvalue weighted by molar-refractivity contribution is -0.174. The summed E-state index contributed by atoms with van der Waals surface area (Å²) in [7, 11) is 1.82. The van der Waals surface area contributed by atoms with E-state index in [0.717, 1.165) is 6.42 Å². The molecule has 0 aromatic rings. The molecule has 0 radical (unpaired) electrons. The van der Waals surface area contributed by atoms with Gasteiger partial charge in [-0.05, 0) is 19.3 Å². The minimum absolute atomic E-state index is 0.0186. The predicted octanol–water partition coefficient (Wildman–Crippen LogP) is 1.31. The van der Waals surface area contributed by atoms with Crippen molar-refractivity contribution in [1.82, 2.24) is 14.9 Å². The third-order valence-corrected chi connectivity index (χ3v) is 5.81. The standard InChI is InChI=1S/C19H29N3O6/c1-18(2,3)16(25)20(4)13-11-19(27-12-13)7-9-21(10-8-19)17(26)28-22-14(23)5-6-15(22)24/h13H,5-12H2,1-4H3. The number of likely N-dealkylation sites (tertiary alicyclic amines) is 1. The number of imide groups is 1. The SMILES string of the molecule is CN(C(=O)C(C)(C)C)C1COC2(CCN(C(=O)ON3C(=O)CCC3=O)CC2)C1. The van der Waals surface area contributed by atoms with E-state index < -0.39 is 23.3 Å². The largest absolute Gasteiger partial charge is 0.434 e. The van der Waals surface area contributed by atoms with Gasteiger partial charge in [-0.3, -0.25) is 14.4 Å². The maximum atomic E-state index is 12.5. The average molecular weight is 395 g/mol. The van der Waals surface area contributed by atoms with Crippen molar-refractivity contribution in [3.05, 3.63) is 0 Å². The van der Waals surface area contributed by atoms with Gasteiger partial charge < -0.3 is 19.4 Å². The summed E-state index contributed by atoms with van der Waals surface area (Å²) < 4.78 is 6.08. The lowest BCUT2D eigenvalue weighted by Gasteiger charge is -2.38. The predicted molar refractivity (Wildman–Crippen MR) is 97.7 cm³/mol. The van der Waals surface area contributed by atoms with Crippen LogP contribution in [0.15, 0.2) is 0 Å². The summed E-state index contributed by atoms with van der Waals surface area (Å²) in [5.41, 5.74) is -0.796. The number of ether oxygens (including phenoxy) is 1. The summed E-state index contributed by atoms with van der Waals surface area (Å²) in [6.45, 7) is 7.02. The minimum atomic E-state index is -0.687. The van der Waals surface area contributed by atoms with Crippen LogP contribution in [0.5, 0.6) is 0 Å². The van der Waals surface area contributed by atoms with Crippen LogP contribution in [0.4, 0.5) is 4.79 Å². The Hall–Kier alpha value is -2.16. The molecule has 0 aromatic heterocycles. The molecule has 0 saturated carbocycles. The van der Waals surface area contributed by atoms with Crippen molar-refractivity contribution in [2.75, 3.05) is 26.7 Å². The van der Waals surface area contributed by atoms with Gasteiger partial charge in [-0.25, -0.2) is 4.79 Å². The van der Waals surface area contributed by atoms with Gasteiger partial charge in [0.15, 0.2) is 0 Å². The van der Waals surface area contributed by atoms with E-state index in [9.17, 15) is 19.2 Å². The Labute approximate surface area is 164 Å². The number of rotatable bonds is 2.